The van der Waals surface area contributed by atoms with Gasteiger partial charge in [0.1, 0.15) is 6.33 Å². The van der Waals surface area contributed by atoms with Crippen molar-refractivity contribution in [1.82, 2.24) is 25.1 Å². The quantitative estimate of drug-likeness (QED) is 0.730. The highest BCUT2D eigenvalue weighted by Crippen LogP contribution is 2.07. The molecule has 1 aromatic carbocycles. The fourth-order valence-corrected chi connectivity index (χ4v) is 1.93. The molecule has 3 rings (SSSR count). The number of nitrogens with one attached hydrogen (secondary N) is 1. The van der Waals surface area contributed by atoms with Crippen LogP contribution in [0.15, 0.2) is 42.9 Å². The largest absolute Gasteiger partial charge is 0.278 e. The number of hydrogen-bond donors (Lipinski definition) is 1. The van der Waals surface area contributed by atoms with E-state index in [2.05, 4.69) is 20.5 Å². The number of fused-ring (bicyclic) bond motifs is 1. The van der Waals surface area contributed by atoms with E-state index in [0.29, 0.717) is 23.6 Å². The van der Waals surface area contributed by atoms with Gasteiger partial charge >= 0.3 is 0 Å². The van der Waals surface area contributed by atoms with Crippen LogP contribution in [0.25, 0.3) is 5.78 Å². The number of hydrogen-bond acceptors (Lipinski definition) is 5. The minimum Gasteiger partial charge on any atom is -0.269 e. The smallest absolute Gasteiger partial charge is 0.269 e. The lowest BCUT2D eigenvalue weighted by Crippen LogP contribution is -2.25. The average molecular weight is 283 g/mol. The van der Waals surface area contributed by atoms with E-state index in [1.165, 1.54) is 17.0 Å². The highest BCUT2D eigenvalue weighted by atomic mass is 16.6. The van der Waals surface area contributed by atoms with Crippen LogP contribution in [0.3, 0.4) is 0 Å². The number of carbonyl (C=O) groups excluding carboxylic acids is 1. The van der Waals surface area contributed by atoms with Crippen molar-refractivity contribution in [2.75, 3.05) is 0 Å². The minimum absolute atomic E-state index is 0.296. The third kappa shape index (κ3) is 2.72. The summed E-state index contributed by atoms with van der Waals surface area (Å²) in [7, 11) is 0. The topological polar surface area (TPSA) is 81.4 Å². The third-order valence-electron chi connectivity index (χ3n) is 3.04. The predicted octanol–water partition coefficient (Wildman–Crippen LogP) is 1.29. The molecule has 7 heteroatoms. The molecule has 0 aliphatic carbocycles. The van der Waals surface area contributed by atoms with Crippen LogP contribution in [-0.2, 0) is 11.4 Å². The summed E-state index contributed by atoms with van der Waals surface area (Å²) in [5.41, 5.74) is 4.42. The van der Waals surface area contributed by atoms with Crippen LogP contribution in [0, 0.1) is 6.92 Å². The van der Waals surface area contributed by atoms with Gasteiger partial charge in [0.05, 0.1) is 17.9 Å². The van der Waals surface area contributed by atoms with Gasteiger partial charge in [0.15, 0.2) is 0 Å². The van der Waals surface area contributed by atoms with Crippen LogP contribution in [0.5, 0.6) is 0 Å². The third-order valence-corrected chi connectivity index (χ3v) is 3.04. The summed E-state index contributed by atoms with van der Waals surface area (Å²) in [6, 6.07) is 9.58. The molecule has 0 aliphatic heterocycles. The van der Waals surface area contributed by atoms with Crippen molar-refractivity contribution in [1.29, 1.82) is 0 Å². The van der Waals surface area contributed by atoms with Gasteiger partial charge in [0.25, 0.3) is 11.7 Å². The van der Waals surface area contributed by atoms with Crippen LogP contribution >= 0.6 is 0 Å². The number of aromatic nitrogens is 4. The SMILES string of the molecule is Cc1c(C(=O)NOCc2ccccc2)cnc2ncnn12. The number of benzene rings is 1. The molecule has 0 atom stereocenters. The maximum atomic E-state index is 12.1. The van der Waals surface area contributed by atoms with Crippen molar-refractivity contribution < 1.29 is 9.63 Å². The van der Waals surface area contributed by atoms with Crippen LogP contribution in [0.2, 0.25) is 0 Å². The van der Waals surface area contributed by atoms with Crippen LogP contribution in [-0.4, -0.2) is 25.5 Å². The fourth-order valence-electron chi connectivity index (χ4n) is 1.93. The Balaban J connectivity index is 1.68. The lowest BCUT2D eigenvalue weighted by molar-refractivity contribution is 0.0232. The Morgan fingerprint density at radius 1 is 1.29 bits per heavy atom. The summed E-state index contributed by atoms with van der Waals surface area (Å²) < 4.78 is 1.51. The van der Waals surface area contributed by atoms with Gasteiger partial charge in [-0.3, -0.25) is 9.63 Å². The van der Waals surface area contributed by atoms with Gasteiger partial charge in [0, 0.05) is 6.20 Å². The summed E-state index contributed by atoms with van der Waals surface area (Å²) in [6.07, 6.45) is 2.85. The minimum atomic E-state index is -0.367. The number of aryl methyl sites for hydroxylation is 1. The van der Waals surface area contributed by atoms with E-state index >= 15 is 0 Å². The molecule has 1 N–H and O–H groups in total. The number of carbonyl (C=O) groups is 1. The molecular formula is C14H13N5O2. The molecule has 0 unspecified atom stereocenters. The monoisotopic (exact) mass is 283 g/mol. The maximum absolute atomic E-state index is 12.1. The zero-order valence-electron chi connectivity index (χ0n) is 11.4. The van der Waals surface area contributed by atoms with E-state index in [1.807, 2.05) is 30.3 Å². The molecule has 2 heterocycles. The van der Waals surface area contributed by atoms with Crippen molar-refractivity contribution >= 4 is 11.7 Å². The number of rotatable bonds is 4. The van der Waals surface area contributed by atoms with Crippen molar-refractivity contribution in [2.24, 2.45) is 0 Å². The second-order valence-electron chi connectivity index (χ2n) is 4.43. The Morgan fingerprint density at radius 3 is 2.90 bits per heavy atom. The summed E-state index contributed by atoms with van der Waals surface area (Å²) in [5, 5.41) is 4.01. The second-order valence-corrected chi connectivity index (χ2v) is 4.43. The van der Waals surface area contributed by atoms with Crippen LogP contribution in [0.1, 0.15) is 21.6 Å². The Bertz CT molecular complexity index is 769. The number of nitrogens with zero attached hydrogens (tertiary/aromatic N) is 4. The molecule has 1 amide bonds. The van der Waals surface area contributed by atoms with Gasteiger partial charge in [-0.25, -0.2) is 15.0 Å². The molecule has 106 valence electrons. The van der Waals surface area contributed by atoms with Crippen molar-refractivity contribution in [3.8, 4) is 0 Å². The molecule has 0 aliphatic rings. The normalized spacial score (nSPS) is 10.7. The molecular weight excluding hydrogens is 270 g/mol. The fraction of sp³-hybridized carbons (Fsp3) is 0.143. The van der Waals surface area contributed by atoms with Gasteiger partial charge in [-0.15, -0.1) is 0 Å². The lowest BCUT2D eigenvalue weighted by Gasteiger charge is -2.08. The molecule has 0 saturated carbocycles. The van der Waals surface area contributed by atoms with E-state index in [1.54, 1.807) is 6.92 Å². The van der Waals surface area contributed by atoms with Crippen LogP contribution < -0.4 is 5.48 Å². The number of amides is 1. The van der Waals surface area contributed by atoms with E-state index in [0.717, 1.165) is 5.56 Å². The zero-order chi connectivity index (χ0) is 14.7. The van der Waals surface area contributed by atoms with Crippen molar-refractivity contribution in [3.63, 3.8) is 0 Å². The highest BCUT2D eigenvalue weighted by molar-refractivity contribution is 5.94. The van der Waals surface area contributed by atoms with Gasteiger partial charge in [-0.05, 0) is 12.5 Å². The van der Waals surface area contributed by atoms with Gasteiger partial charge < -0.3 is 0 Å². The summed E-state index contributed by atoms with van der Waals surface area (Å²) >= 11 is 0. The van der Waals surface area contributed by atoms with Gasteiger partial charge in [0.2, 0.25) is 0 Å². The molecule has 21 heavy (non-hydrogen) atoms. The zero-order valence-corrected chi connectivity index (χ0v) is 11.4. The molecule has 0 fully saturated rings. The Hall–Kier alpha value is -2.80. The predicted molar refractivity (Wildman–Crippen MR) is 74.2 cm³/mol. The summed E-state index contributed by atoms with van der Waals surface area (Å²) in [4.78, 5) is 25.3. The highest BCUT2D eigenvalue weighted by Gasteiger charge is 2.13. The number of hydroxylamine groups is 1. The van der Waals surface area contributed by atoms with E-state index in [-0.39, 0.29) is 5.91 Å². The summed E-state index contributed by atoms with van der Waals surface area (Å²) in [6.45, 7) is 2.07. The summed E-state index contributed by atoms with van der Waals surface area (Å²) in [5.74, 6) is 0.0857. The second kappa shape index (κ2) is 5.68. The van der Waals surface area contributed by atoms with E-state index in [9.17, 15) is 4.79 Å². The Labute approximate surface area is 120 Å². The molecule has 0 spiro atoms. The first kappa shape index (κ1) is 13.2. The average Bonchev–Trinajstić information content (AvgIpc) is 2.98. The van der Waals surface area contributed by atoms with E-state index in [4.69, 9.17) is 4.84 Å². The maximum Gasteiger partial charge on any atom is 0.278 e. The first-order valence-corrected chi connectivity index (χ1v) is 6.37. The molecule has 0 radical (unpaired) electrons. The molecule has 7 nitrogen and oxygen atoms in total. The first-order valence-electron chi connectivity index (χ1n) is 6.37. The molecule has 3 aromatic rings. The van der Waals surface area contributed by atoms with Gasteiger partial charge in [-0.1, -0.05) is 30.3 Å². The molecule has 0 saturated heterocycles. The standard InChI is InChI=1S/C14H13N5O2/c1-10-12(7-15-14-16-9-17-19(10)14)13(20)18-21-8-11-5-3-2-4-6-11/h2-7,9H,8H2,1H3,(H,18,20). The first-order chi connectivity index (χ1) is 10.3. The lowest BCUT2D eigenvalue weighted by atomic mass is 10.2. The van der Waals surface area contributed by atoms with Crippen molar-refractivity contribution in [3.05, 3.63) is 59.7 Å². The molecule has 2 aromatic heterocycles. The van der Waals surface area contributed by atoms with Crippen molar-refractivity contribution in [2.45, 2.75) is 13.5 Å². The molecule has 0 bridgehead atoms. The van der Waals surface area contributed by atoms with E-state index < -0.39 is 0 Å². The van der Waals surface area contributed by atoms with Gasteiger partial charge in [-0.2, -0.15) is 10.1 Å². The Morgan fingerprint density at radius 2 is 2.10 bits per heavy atom. The Kier molecular flexibility index (Phi) is 3.57. The van der Waals surface area contributed by atoms with Crippen LogP contribution in [0.4, 0.5) is 0 Å².